The molecule has 1 N–H and O–H groups in total. The number of nitrogens with one attached hydrogen (secondary N) is 1. The molecule has 2 rings (SSSR count). The quantitative estimate of drug-likeness (QED) is 0.768. The zero-order chi connectivity index (χ0) is 14.9. The van der Waals surface area contributed by atoms with Crippen molar-refractivity contribution in [2.75, 3.05) is 32.2 Å². The molecule has 2 heterocycles. The van der Waals surface area contributed by atoms with Crippen molar-refractivity contribution >= 4 is 15.7 Å². The Labute approximate surface area is 120 Å². The predicted octanol–water partition coefficient (Wildman–Crippen LogP) is -0.355. The van der Waals surface area contributed by atoms with Crippen molar-refractivity contribution in [2.45, 2.75) is 38.0 Å². The van der Waals surface area contributed by atoms with E-state index in [1.165, 1.54) is 7.11 Å². The average Bonchev–Trinajstić information content (AvgIpc) is 2.88. The van der Waals surface area contributed by atoms with E-state index in [0.717, 1.165) is 19.4 Å². The van der Waals surface area contributed by atoms with Crippen LogP contribution in [0.5, 0.6) is 0 Å². The summed E-state index contributed by atoms with van der Waals surface area (Å²) in [5, 5.41) is 2.89. The highest BCUT2D eigenvalue weighted by atomic mass is 32.2. The maximum atomic E-state index is 12.4. The van der Waals surface area contributed by atoms with E-state index in [1.54, 1.807) is 0 Å². The molecule has 4 atom stereocenters. The molecule has 0 aliphatic carbocycles. The summed E-state index contributed by atoms with van der Waals surface area (Å²) >= 11 is 0. The summed E-state index contributed by atoms with van der Waals surface area (Å²) in [4.78, 5) is 14.6. The summed E-state index contributed by atoms with van der Waals surface area (Å²) < 4.78 is 28.5. The molecule has 20 heavy (non-hydrogen) atoms. The van der Waals surface area contributed by atoms with Crippen LogP contribution in [0.3, 0.4) is 0 Å². The van der Waals surface area contributed by atoms with Crippen LogP contribution in [0, 0.1) is 5.92 Å². The number of carbonyl (C=O) groups is 1. The number of amides is 1. The fraction of sp³-hybridized carbons (Fsp3) is 0.923. The summed E-state index contributed by atoms with van der Waals surface area (Å²) in [6, 6.07) is -0.171. The minimum absolute atomic E-state index is 0.00375. The number of hydrogen-bond acceptors (Lipinski definition) is 5. The number of rotatable bonds is 4. The van der Waals surface area contributed by atoms with Crippen molar-refractivity contribution in [1.29, 1.82) is 0 Å². The molecule has 0 spiro atoms. The van der Waals surface area contributed by atoms with Crippen LogP contribution in [0.25, 0.3) is 0 Å². The number of hydrogen-bond donors (Lipinski definition) is 1. The van der Waals surface area contributed by atoms with Crippen molar-refractivity contribution in [3.05, 3.63) is 0 Å². The second-order valence-electron chi connectivity index (χ2n) is 5.82. The van der Waals surface area contributed by atoms with Crippen LogP contribution in [-0.2, 0) is 19.4 Å². The van der Waals surface area contributed by atoms with Crippen molar-refractivity contribution in [3.8, 4) is 0 Å². The second kappa shape index (κ2) is 5.99. The molecule has 2 saturated heterocycles. The van der Waals surface area contributed by atoms with E-state index in [4.69, 9.17) is 4.74 Å². The number of carbonyl (C=O) groups excluding carboxylic acids is 1. The highest BCUT2D eigenvalue weighted by molar-refractivity contribution is 7.91. The van der Waals surface area contributed by atoms with Gasteiger partial charge in [-0.15, -0.1) is 0 Å². The van der Waals surface area contributed by atoms with Crippen molar-refractivity contribution in [1.82, 2.24) is 10.2 Å². The molecule has 7 heteroatoms. The Balaban J connectivity index is 2.01. The topological polar surface area (TPSA) is 75.7 Å². The first-order valence-electron chi connectivity index (χ1n) is 7.11. The molecule has 0 bridgehead atoms. The minimum Gasteiger partial charge on any atom is -0.378 e. The lowest BCUT2D eigenvalue weighted by atomic mass is 9.97. The fourth-order valence-electron chi connectivity index (χ4n) is 3.38. The van der Waals surface area contributed by atoms with Crippen molar-refractivity contribution in [2.24, 2.45) is 5.92 Å². The zero-order valence-electron chi connectivity index (χ0n) is 12.3. The fourth-order valence-corrected chi connectivity index (χ4v) is 5.23. The van der Waals surface area contributed by atoms with Gasteiger partial charge in [0.2, 0.25) is 5.91 Å². The van der Waals surface area contributed by atoms with Crippen LogP contribution < -0.4 is 5.32 Å². The largest absolute Gasteiger partial charge is 0.378 e. The van der Waals surface area contributed by atoms with E-state index in [0.29, 0.717) is 0 Å². The SMILES string of the molecule is CC[C@@H]1[C@@H](C(=O)NC2CS(=O)(=O)CC2OC)CCN1C. The molecule has 2 aliphatic heterocycles. The first-order valence-corrected chi connectivity index (χ1v) is 8.94. The molecule has 0 saturated carbocycles. The van der Waals surface area contributed by atoms with Gasteiger partial charge in [-0.2, -0.15) is 0 Å². The van der Waals surface area contributed by atoms with Gasteiger partial charge in [-0.25, -0.2) is 8.42 Å². The van der Waals surface area contributed by atoms with E-state index < -0.39 is 22.0 Å². The summed E-state index contributed by atoms with van der Waals surface area (Å²) in [6.45, 7) is 2.98. The van der Waals surface area contributed by atoms with E-state index in [1.807, 2.05) is 7.05 Å². The van der Waals surface area contributed by atoms with Gasteiger partial charge in [0.05, 0.1) is 29.6 Å². The molecular weight excluding hydrogens is 280 g/mol. The molecule has 0 radical (unpaired) electrons. The van der Waals surface area contributed by atoms with Gasteiger partial charge in [0.15, 0.2) is 9.84 Å². The molecule has 6 nitrogen and oxygen atoms in total. The molecule has 116 valence electrons. The highest BCUT2D eigenvalue weighted by Crippen LogP contribution is 2.26. The lowest BCUT2D eigenvalue weighted by Crippen LogP contribution is -2.48. The Morgan fingerprint density at radius 3 is 2.70 bits per heavy atom. The third kappa shape index (κ3) is 3.15. The van der Waals surface area contributed by atoms with Crippen molar-refractivity contribution < 1.29 is 17.9 Å². The van der Waals surface area contributed by atoms with Gasteiger partial charge in [0, 0.05) is 13.2 Å². The average molecular weight is 304 g/mol. The molecule has 0 aromatic heterocycles. The molecule has 0 aromatic rings. The van der Waals surface area contributed by atoms with Crippen LogP contribution in [0.2, 0.25) is 0 Å². The normalized spacial score (nSPS) is 37.1. The lowest BCUT2D eigenvalue weighted by molar-refractivity contribution is -0.127. The van der Waals surface area contributed by atoms with Crippen LogP contribution in [0.15, 0.2) is 0 Å². The number of sulfone groups is 1. The Morgan fingerprint density at radius 1 is 1.40 bits per heavy atom. The van der Waals surface area contributed by atoms with Gasteiger partial charge in [-0.1, -0.05) is 6.92 Å². The van der Waals surface area contributed by atoms with E-state index >= 15 is 0 Å². The first kappa shape index (κ1) is 15.7. The predicted molar refractivity (Wildman–Crippen MR) is 76.2 cm³/mol. The zero-order valence-corrected chi connectivity index (χ0v) is 13.1. The monoisotopic (exact) mass is 304 g/mol. The molecule has 2 aliphatic rings. The van der Waals surface area contributed by atoms with Crippen LogP contribution >= 0.6 is 0 Å². The minimum atomic E-state index is -3.11. The van der Waals surface area contributed by atoms with Crippen LogP contribution in [0.4, 0.5) is 0 Å². The number of ether oxygens (including phenoxy) is 1. The molecule has 1 amide bonds. The van der Waals surface area contributed by atoms with Gasteiger partial charge >= 0.3 is 0 Å². The van der Waals surface area contributed by atoms with Gasteiger partial charge in [0.25, 0.3) is 0 Å². The maximum absolute atomic E-state index is 12.4. The molecule has 0 aromatic carbocycles. The Morgan fingerprint density at radius 2 is 2.10 bits per heavy atom. The second-order valence-corrected chi connectivity index (χ2v) is 7.97. The van der Waals surface area contributed by atoms with E-state index in [2.05, 4.69) is 17.1 Å². The number of nitrogens with zero attached hydrogens (tertiary/aromatic N) is 1. The smallest absolute Gasteiger partial charge is 0.225 e. The Bertz CT molecular complexity index is 465. The summed E-state index contributed by atoms with van der Waals surface area (Å²) in [5.41, 5.74) is 0. The maximum Gasteiger partial charge on any atom is 0.225 e. The van der Waals surface area contributed by atoms with Gasteiger partial charge < -0.3 is 15.0 Å². The first-order chi connectivity index (χ1) is 9.38. The molecular formula is C13H24N2O4S. The summed E-state index contributed by atoms with van der Waals surface area (Å²) in [6.07, 6.45) is 1.33. The van der Waals surface area contributed by atoms with Crippen LogP contribution in [-0.4, -0.2) is 69.6 Å². The van der Waals surface area contributed by atoms with Crippen molar-refractivity contribution in [3.63, 3.8) is 0 Å². The summed E-state index contributed by atoms with van der Waals surface area (Å²) in [5.74, 6) is -0.108. The summed E-state index contributed by atoms with van der Waals surface area (Å²) in [7, 11) is 0.410. The van der Waals surface area contributed by atoms with Gasteiger partial charge in [-0.05, 0) is 26.4 Å². The third-order valence-electron chi connectivity index (χ3n) is 4.51. The standard InChI is InChI=1S/C13H24N2O4S/c1-4-11-9(5-6-15(11)2)13(16)14-10-7-20(17,18)8-12(10)19-3/h9-12H,4-8H2,1-3H3,(H,14,16)/t9-,10?,11+,12?/m0/s1. The van der Waals surface area contributed by atoms with E-state index in [-0.39, 0.29) is 29.4 Å². The van der Waals surface area contributed by atoms with Gasteiger partial charge in [-0.3, -0.25) is 4.79 Å². The third-order valence-corrected chi connectivity index (χ3v) is 6.21. The highest BCUT2D eigenvalue weighted by Gasteiger charge is 2.42. The molecule has 2 unspecified atom stereocenters. The number of methoxy groups -OCH3 is 1. The van der Waals surface area contributed by atoms with Crippen LogP contribution in [0.1, 0.15) is 19.8 Å². The lowest BCUT2D eigenvalue weighted by Gasteiger charge is -2.25. The Hall–Kier alpha value is -0.660. The van der Waals surface area contributed by atoms with Gasteiger partial charge in [0.1, 0.15) is 0 Å². The molecule has 2 fully saturated rings. The Kier molecular flexibility index (Phi) is 4.71. The van der Waals surface area contributed by atoms with E-state index in [9.17, 15) is 13.2 Å². The number of likely N-dealkylation sites (tertiary alicyclic amines) is 1.